The molecule has 4 aliphatic rings. The number of fused-ring (bicyclic) bond motifs is 3. The fraction of sp³-hybridized carbons (Fsp3) is 0.682. The first-order valence-corrected chi connectivity index (χ1v) is 10.8. The summed E-state index contributed by atoms with van der Waals surface area (Å²) in [7, 11) is 0. The number of amides is 1. The maximum Gasteiger partial charge on any atom is 0.259 e. The third kappa shape index (κ3) is 2.69. The lowest BCUT2D eigenvalue weighted by atomic mass is 9.84. The smallest absolute Gasteiger partial charge is 0.259 e. The van der Waals surface area contributed by atoms with E-state index in [-0.39, 0.29) is 11.9 Å². The number of hydrogen-bond donors (Lipinski definition) is 1. The average Bonchev–Trinajstić information content (AvgIpc) is 3.59. The van der Waals surface area contributed by atoms with Crippen molar-refractivity contribution in [3.05, 3.63) is 23.0 Å². The average molecular weight is 365 g/mol. The molecule has 6 rings (SSSR count). The van der Waals surface area contributed by atoms with Crippen LogP contribution in [0.5, 0.6) is 0 Å². The number of carbonyl (C=O) groups is 1. The van der Waals surface area contributed by atoms with E-state index in [2.05, 4.69) is 22.4 Å². The molecule has 4 aliphatic carbocycles. The lowest BCUT2D eigenvalue weighted by molar-refractivity contribution is 0.0916. The van der Waals surface area contributed by atoms with Gasteiger partial charge in [0.15, 0.2) is 0 Å². The van der Waals surface area contributed by atoms with Gasteiger partial charge in [-0.3, -0.25) is 4.79 Å². The van der Waals surface area contributed by atoms with E-state index in [4.69, 9.17) is 4.52 Å². The van der Waals surface area contributed by atoms with Crippen LogP contribution in [0.3, 0.4) is 0 Å². The summed E-state index contributed by atoms with van der Waals surface area (Å²) in [4.78, 5) is 18.0. The second-order valence-corrected chi connectivity index (χ2v) is 9.49. The van der Waals surface area contributed by atoms with E-state index in [1.165, 1.54) is 25.7 Å². The minimum Gasteiger partial charge on any atom is -0.349 e. The van der Waals surface area contributed by atoms with Gasteiger partial charge in [0.2, 0.25) is 0 Å². The number of nitrogens with one attached hydrogen (secondary N) is 1. The molecular formula is C22H27N3O2. The second-order valence-electron chi connectivity index (χ2n) is 9.49. The lowest BCUT2D eigenvalue weighted by Crippen LogP contribution is -2.40. The van der Waals surface area contributed by atoms with Crippen molar-refractivity contribution in [3.63, 3.8) is 0 Å². The fourth-order valence-corrected chi connectivity index (χ4v) is 5.69. The minimum atomic E-state index is 0.0321. The summed E-state index contributed by atoms with van der Waals surface area (Å²) < 4.78 is 5.56. The first-order valence-electron chi connectivity index (χ1n) is 10.8. The molecule has 0 aromatic carbocycles. The zero-order chi connectivity index (χ0) is 18.1. The van der Waals surface area contributed by atoms with Gasteiger partial charge in [-0.2, -0.15) is 0 Å². The molecule has 1 amide bonds. The monoisotopic (exact) mass is 365 g/mol. The Morgan fingerprint density at radius 3 is 2.63 bits per heavy atom. The van der Waals surface area contributed by atoms with E-state index in [1.807, 2.05) is 6.07 Å². The predicted molar refractivity (Wildman–Crippen MR) is 102 cm³/mol. The molecule has 2 aromatic rings. The number of hydrogen-bond acceptors (Lipinski definition) is 4. The number of carbonyl (C=O) groups excluding carboxylic acids is 1. The van der Waals surface area contributed by atoms with E-state index < -0.39 is 0 Å². The van der Waals surface area contributed by atoms with Crippen molar-refractivity contribution in [2.24, 2.45) is 17.8 Å². The van der Waals surface area contributed by atoms with Gasteiger partial charge < -0.3 is 9.84 Å². The van der Waals surface area contributed by atoms with Crippen LogP contribution in [0.4, 0.5) is 0 Å². The molecule has 2 heterocycles. The first-order chi connectivity index (χ1) is 13.2. The van der Waals surface area contributed by atoms with Crippen LogP contribution in [0.1, 0.15) is 91.9 Å². The maximum absolute atomic E-state index is 13.3. The molecule has 4 saturated carbocycles. The molecule has 0 aliphatic heterocycles. The normalized spacial score (nSPS) is 30.8. The Kier molecular flexibility index (Phi) is 3.45. The van der Waals surface area contributed by atoms with Gasteiger partial charge in [-0.1, -0.05) is 11.6 Å². The van der Waals surface area contributed by atoms with E-state index >= 15 is 0 Å². The molecule has 4 atom stereocenters. The molecule has 5 heteroatoms. The Hall–Kier alpha value is -1.91. The highest BCUT2D eigenvalue weighted by molar-refractivity contribution is 6.06. The Balaban J connectivity index is 1.33. The van der Waals surface area contributed by atoms with Gasteiger partial charge in [0.25, 0.3) is 11.6 Å². The lowest BCUT2D eigenvalue weighted by Gasteiger charge is -2.28. The quantitative estimate of drug-likeness (QED) is 0.845. The minimum absolute atomic E-state index is 0.0321. The number of pyridine rings is 1. The standard InChI is InChI=1S/C22H27N3O2/c1-11(16-9-12-2-3-15(16)8-12)23-21(26)17-10-18(13-4-5-13)24-22-19(17)20(25-27-22)14-6-7-14/h10-16H,2-9H2,1H3,(H,23,26). The molecule has 5 nitrogen and oxygen atoms in total. The highest BCUT2D eigenvalue weighted by Gasteiger charge is 2.42. The first kappa shape index (κ1) is 16.1. The van der Waals surface area contributed by atoms with Crippen LogP contribution in [0.25, 0.3) is 11.1 Å². The van der Waals surface area contributed by atoms with Crippen LogP contribution in [-0.2, 0) is 0 Å². The van der Waals surface area contributed by atoms with Crippen molar-refractivity contribution in [2.45, 2.75) is 76.2 Å². The summed E-state index contributed by atoms with van der Waals surface area (Å²) in [6.07, 6.45) is 9.97. The molecule has 142 valence electrons. The largest absolute Gasteiger partial charge is 0.349 e. The van der Waals surface area contributed by atoms with E-state index in [0.29, 0.717) is 23.5 Å². The molecule has 2 aromatic heterocycles. The van der Waals surface area contributed by atoms with Gasteiger partial charge in [-0.25, -0.2) is 4.98 Å². The summed E-state index contributed by atoms with van der Waals surface area (Å²) in [6.45, 7) is 2.19. The molecular weight excluding hydrogens is 338 g/mol. The highest BCUT2D eigenvalue weighted by Crippen LogP contribution is 2.50. The van der Waals surface area contributed by atoms with Crippen molar-refractivity contribution < 1.29 is 9.32 Å². The van der Waals surface area contributed by atoms with Crippen molar-refractivity contribution in [1.82, 2.24) is 15.5 Å². The SMILES string of the molecule is CC(NC(=O)c1cc(C2CC2)nc2onc(C3CC3)c12)C1CC2CCC1C2. The Labute approximate surface area is 159 Å². The molecule has 27 heavy (non-hydrogen) atoms. The van der Waals surface area contributed by atoms with Gasteiger partial charge in [0.05, 0.1) is 16.6 Å². The molecule has 0 radical (unpaired) electrons. The Bertz CT molecular complexity index is 912. The molecule has 2 bridgehead atoms. The summed E-state index contributed by atoms with van der Waals surface area (Å²) >= 11 is 0. The summed E-state index contributed by atoms with van der Waals surface area (Å²) in [6, 6.07) is 2.25. The van der Waals surface area contributed by atoms with Crippen LogP contribution in [0, 0.1) is 17.8 Å². The van der Waals surface area contributed by atoms with Crippen LogP contribution in [0.15, 0.2) is 10.6 Å². The van der Waals surface area contributed by atoms with E-state index in [1.54, 1.807) is 0 Å². The zero-order valence-electron chi connectivity index (χ0n) is 15.9. The van der Waals surface area contributed by atoms with Crippen molar-refractivity contribution in [3.8, 4) is 0 Å². The van der Waals surface area contributed by atoms with Gasteiger partial charge in [-0.05, 0) is 75.7 Å². The number of rotatable bonds is 5. The topological polar surface area (TPSA) is 68.0 Å². The number of nitrogens with zero attached hydrogens (tertiary/aromatic N) is 2. The number of aromatic nitrogens is 2. The Morgan fingerprint density at radius 2 is 1.96 bits per heavy atom. The van der Waals surface area contributed by atoms with E-state index in [9.17, 15) is 4.79 Å². The molecule has 1 N–H and O–H groups in total. The predicted octanol–water partition coefficient (Wildman–Crippen LogP) is 4.53. The molecule has 0 saturated heterocycles. The van der Waals surface area contributed by atoms with E-state index in [0.717, 1.165) is 59.9 Å². The molecule has 4 fully saturated rings. The third-order valence-corrected chi connectivity index (χ3v) is 7.49. The summed E-state index contributed by atoms with van der Waals surface area (Å²) in [5.74, 6) is 3.30. The summed E-state index contributed by atoms with van der Waals surface area (Å²) in [5.41, 5.74) is 3.23. The second kappa shape index (κ2) is 5.79. The molecule has 4 unspecified atom stereocenters. The fourth-order valence-electron chi connectivity index (χ4n) is 5.69. The highest BCUT2D eigenvalue weighted by atomic mass is 16.5. The van der Waals surface area contributed by atoms with Crippen molar-refractivity contribution in [1.29, 1.82) is 0 Å². The maximum atomic E-state index is 13.3. The van der Waals surface area contributed by atoms with Gasteiger partial charge in [0.1, 0.15) is 0 Å². The Morgan fingerprint density at radius 1 is 1.15 bits per heavy atom. The van der Waals surface area contributed by atoms with Gasteiger partial charge in [-0.15, -0.1) is 0 Å². The van der Waals surface area contributed by atoms with Crippen molar-refractivity contribution >= 4 is 17.0 Å². The third-order valence-electron chi connectivity index (χ3n) is 7.49. The van der Waals surface area contributed by atoms with Crippen LogP contribution < -0.4 is 5.32 Å². The zero-order valence-corrected chi connectivity index (χ0v) is 15.9. The van der Waals surface area contributed by atoms with Gasteiger partial charge in [0, 0.05) is 23.6 Å². The molecule has 0 spiro atoms. The summed E-state index contributed by atoms with van der Waals surface area (Å²) in [5, 5.41) is 8.49. The van der Waals surface area contributed by atoms with Crippen LogP contribution in [-0.4, -0.2) is 22.1 Å². The van der Waals surface area contributed by atoms with Gasteiger partial charge >= 0.3 is 0 Å². The van der Waals surface area contributed by atoms with Crippen molar-refractivity contribution in [2.75, 3.05) is 0 Å². The van der Waals surface area contributed by atoms with Crippen LogP contribution >= 0.6 is 0 Å². The van der Waals surface area contributed by atoms with Crippen LogP contribution in [0.2, 0.25) is 0 Å².